The van der Waals surface area contributed by atoms with E-state index in [1.165, 1.54) is 18.2 Å². The Hall–Kier alpha value is -2.25. The van der Waals surface area contributed by atoms with Gasteiger partial charge in [0.25, 0.3) is 0 Å². The van der Waals surface area contributed by atoms with E-state index in [-0.39, 0.29) is 5.91 Å². The molecule has 110 valence electrons. The van der Waals surface area contributed by atoms with Gasteiger partial charge in [-0.15, -0.1) is 0 Å². The van der Waals surface area contributed by atoms with Crippen LogP contribution in [0, 0.1) is 5.82 Å². The van der Waals surface area contributed by atoms with Crippen molar-refractivity contribution in [2.75, 3.05) is 10.6 Å². The number of hydrogen-bond donors (Lipinski definition) is 3. The van der Waals surface area contributed by atoms with Crippen molar-refractivity contribution >= 4 is 35.0 Å². The standard InChI is InChI=1S/C13H13ClFN5O/c1-8(20-14)12(21)18-10-4-3-9(15)7-11(10)19-13-16-5-2-6-17-13/h2-8,20H,1H3,(H,18,21)(H,16,17,19)/t8-/m0/s1. The Morgan fingerprint density at radius 1 is 1.29 bits per heavy atom. The predicted molar refractivity (Wildman–Crippen MR) is 78.8 cm³/mol. The summed E-state index contributed by atoms with van der Waals surface area (Å²) in [5.41, 5.74) is 0.740. The molecular formula is C13H13ClFN5O. The van der Waals surface area contributed by atoms with Crippen molar-refractivity contribution in [3.8, 4) is 0 Å². The largest absolute Gasteiger partial charge is 0.323 e. The minimum Gasteiger partial charge on any atom is -0.323 e. The molecule has 0 saturated heterocycles. The lowest BCUT2D eigenvalue weighted by Gasteiger charge is -2.14. The Morgan fingerprint density at radius 3 is 2.67 bits per heavy atom. The Bertz CT molecular complexity index is 625. The van der Waals surface area contributed by atoms with E-state index >= 15 is 0 Å². The summed E-state index contributed by atoms with van der Waals surface area (Å²) < 4.78 is 13.4. The van der Waals surface area contributed by atoms with Crippen LogP contribution in [0.15, 0.2) is 36.7 Å². The van der Waals surface area contributed by atoms with Gasteiger partial charge >= 0.3 is 0 Å². The molecule has 1 atom stereocenters. The second kappa shape index (κ2) is 6.96. The van der Waals surface area contributed by atoms with Gasteiger partial charge in [0.2, 0.25) is 11.9 Å². The van der Waals surface area contributed by atoms with Gasteiger partial charge in [0.05, 0.1) is 17.4 Å². The first-order valence-electron chi connectivity index (χ1n) is 6.11. The van der Waals surface area contributed by atoms with E-state index in [9.17, 15) is 9.18 Å². The molecule has 0 unspecified atom stereocenters. The van der Waals surface area contributed by atoms with Crippen LogP contribution in [0.25, 0.3) is 0 Å². The first kappa shape index (κ1) is 15.1. The van der Waals surface area contributed by atoms with E-state index in [1.54, 1.807) is 25.4 Å². The molecule has 21 heavy (non-hydrogen) atoms. The lowest BCUT2D eigenvalue weighted by molar-refractivity contribution is -0.117. The maximum atomic E-state index is 13.4. The molecule has 1 heterocycles. The zero-order valence-corrected chi connectivity index (χ0v) is 11.9. The normalized spacial score (nSPS) is 11.8. The summed E-state index contributed by atoms with van der Waals surface area (Å²) in [5, 5.41) is 5.48. The number of hydrogen-bond acceptors (Lipinski definition) is 5. The van der Waals surface area contributed by atoms with E-state index in [0.29, 0.717) is 17.3 Å². The average Bonchev–Trinajstić information content (AvgIpc) is 2.50. The van der Waals surface area contributed by atoms with Gasteiger partial charge in [0.1, 0.15) is 5.82 Å². The molecule has 2 rings (SSSR count). The number of amides is 1. The van der Waals surface area contributed by atoms with Gasteiger partial charge in [-0.1, -0.05) is 0 Å². The van der Waals surface area contributed by atoms with Crippen LogP contribution in [0.2, 0.25) is 0 Å². The number of halogens is 2. The molecular weight excluding hydrogens is 297 g/mol. The lowest BCUT2D eigenvalue weighted by Crippen LogP contribution is -2.33. The topological polar surface area (TPSA) is 78.9 Å². The molecule has 0 radical (unpaired) electrons. The maximum absolute atomic E-state index is 13.4. The summed E-state index contributed by atoms with van der Waals surface area (Å²) >= 11 is 5.40. The molecule has 1 aromatic heterocycles. The molecule has 8 heteroatoms. The zero-order chi connectivity index (χ0) is 15.2. The second-order valence-corrected chi connectivity index (χ2v) is 4.43. The van der Waals surface area contributed by atoms with Gasteiger partial charge < -0.3 is 10.6 Å². The van der Waals surface area contributed by atoms with E-state index in [0.717, 1.165) is 0 Å². The smallest absolute Gasteiger partial charge is 0.242 e. The van der Waals surface area contributed by atoms with Gasteiger partial charge in [-0.25, -0.2) is 19.2 Å². The van der Waals surface area contributed by atoms with Crippen molar-refractivity contribution in [3.05, 3.63) is 42.5 Å². The van der Waals surface area contributed by atoms with E-state index in [4.69, 9.17) is 11.8 Å². The highest BCUT2D eigenvalue weighted by Gasteiger charge is 2.14. The van der Waals surface area contributed by atoms with E-state index < -0.39 is 11.9 Å². The second-order valence-electron chi connectivity index (χ2n) is 4.21. The molecule has 0 spiro atoms. The summed E-state index contributed by atoms with van der Waals surface area (Å²) in [6.07, 6.45) is 3.10. The first-order chi connectivity index (χ1) is 10.1. The molecule has 0 aliphatic heterocycles. The summed E-state index contributed by atoms with van der Waals surface area (Å²) in [6, 6.07) is 4.99. The van der Waals surface area contributed by atoms with Crippen molar-refractivity contribution < 1.29 is 9.18 Å². The molecule has 0 aliphatic carbocycles. The van der Waals surface area contributed by atoms with Crippen LogP contribution in [0.1, 0.15) is 6.92 Å². The predicted octanol–water partition coefficient (Wildman–Crippen LogP) is 2.43. The van der Waals surface area contributed by atoms with Gasteiger partial charge in [0.15, 0.2) is 0 Å². The number of anilines is 3. The quantitative estimate of drug-likeness (QED) is 0.739. The van der Waals surface area contributed by atoms with Crippen LogP contribution in [-0.4, -0.2) is 21.9 Å². The zero-order valence-electron chi connectivity index (χ0n) is 11.1. The fourth-order valence-electron chi connectivity index (χ4n) is 1.50. The summed E-state index contributed by atoms with van der Waals surface area (Å²) in [4.78, 5) is 22.1. The minimum absolute atomic E-state index is 0.294. The Kier molecular flexibility index (Phi) is 5.02. The summed E-state index contributed by atoms with van der Waals surface area (Å²) in [5.74, 6) is -0.509. The average molecular weight is 310 g/mol. The van der Waals surface area contributed by atoms with Gasteiger partial charge in [-0.2, -0.15) is 0 Å². The van der Waals surface area contributed by atoms with Gasteiger partial charge in [0, 0.05) is 12.4 Å². The van der Waals surface area contributed by atoms with Crippen LogP contribution in [0.3, 0.4) is 0 Å². The number of nitrogens with one attached hydrogen (secondary N) is 3. The summed E-state index contributed by atoms with van der Waals surface area (Å²) in [6.45, 7) is 1.60. The third-order valence-electron chi connectivity index (χ3n) is 2.61. The molecule has 0 saturated carbocycles. The number of rotatable bonds is 5. The molecule has 2 aromatic rings. The Morgan fingerprint density at radius 2 is 2.00 bits per heavy atom. The van der Waals surface area contributed by atoms with Gasteiger partial charge in [-0.3, -0.25) is 4.79 Å². The number of carbonyl (C=O) groups excluding carboxylic acids is 1. The molecule has 0 bridgehead atoms. The maximum Gasteiger partial charge on any atom is 0.242 e. The SMILES string of the molecule is C[C@H](NCl)C(=O)Nc1ccc(F)cc1Nc1ncccn1. The molecule has 0 fully saturated rings. The monoisotopic (exact) mass is 309 g/mol. The highest BCUT2D eigenvalue weighted by molar-refractivity contribution is 6.15. The van der Waals surface area contributed by atoms with E-state index in [1.807, 2.05) is 0 Å². The number of carbonyl (C=O) groups is 1. The fourth-order valence-corrected chi connectivity index (χ4v) is 1.60. The third kappa shape index (κ3) is 4.11. The van der Waals surface area contributed by atoms with Crippen LogP contribution >= 0.6 is 11.8 Å². The molecule has 3 N–H and O–H groups in total. The molecule has 1 amide bonds. The molecule has 6 nitrogen and oxygen atoms in total. The van der Waals surface area contributed by atoms with Crippen molar-refractivity contribution in [2.45, 2.75) is 13.0 Å². The molecule has 0 aliphatic rings. The van der Waals surface area contributed by atoms with Crippen LogP contribution in [0.5, 0.6) is 0 Å². The van der Waals surface area contributed by atoms with Crippen LogP contribution in [-0.2, 0) is 4.79 Å². The first-order valence-corrected chi connectivity index (χ1v) is 6.48. The van der Waals surface area contributed by atoms with Crippen molar-refractivity contribution in [2.24, 2.45) is 0 Å². The number of benzene rings is 1. The van der Waals surface area contributed by atoms with Gasteiger partial charge in [-0.05, 0) is 43.0 Å². The van der Waals surface area contributed by atoms with Crippen molar-refractivity contribution in [3.63, 3.8) is 0 Å². The minimum atomic E-state index is -0.599. The van der Waals surface area contributed by atoms with Crippen molar-refractivity contribution in [1.29, 1.82) is 0 Å². The third-order valence-corrected chi connectivity index (χ3v) is 2.94. The molecule has 1 aromatic carbocycles. The summed E-state index contributed by atoms with van der Waals surface area (Å²) in [7, 11) is 0. The highest BCUT2D eigenvalue weighted by atomic mass is 35.5. The van der Waals surface area contributed by atoms with Crippen molar-refractivity contribution in [1.82, 2.24) is 14.8 Å². The fraction of sp³-hybridized carbons (Fsp3) is 0.154. The van der Waals surface area contributed by atoms with E-state index in [2.05, 4.69) is 25.4 Å². The van der Waals surface area contributed by atoms with Crippen LogP contribution in [0.4, 0.5) is 21.7 Å². The highest BCUT2D eigenvalue weighted by Crippen LogP contribution is 2.25. The number of nitrogens with zero attached hydrogens (tertiary/aromatic N) is 2. The number of aromatic nitrogens is 2. The van der Waals surface area contributed by atoms with Crippen LogP contribution < -0.4 is 15.5 Å². The lowest BCUT2D eigenvalue weighted by atomic mass is 10.2. The Labute approximate surface area is 125 Å². The Balaban J connectivity index is 2.23.